The molecular formula is C9H11FN2O. The SMILES string of the molecule is C=CCOc1nccc(CN)c1F. The van der Waals surface area contributed by atoms with Gasteiger partial charge in [-0.2, -0.15) is 0 Å². The van der Waals surface area contributed by atoms with E-state index in [-0.39, 0.29) is 19.0 Å². The summed E-state index contributed by atoms with van der Waals surface area (Å²) in [7, 11) is 0. The zero-order valence-corrected chi connectivity index (χ0v) is 7.16. The molecule has 2 N–H and O–H groups in total. The summed E-state index contributed by atoms with van der Waals surface area (Å²) in [4.78, 5) is 3.72. The molecule has 0 saturated heterocycles. The van der Waals surface area contributed by atoms with Crippen molar-refractivity contribution in [1.82, 2.24) is 4.98 Å². The maximum Gasteiger partial charge on any atom is 0.251 e. The van der Waals surface area contributed by atoms with E-state index in [0.29, 0.717) is 5.56 Å². The van der Waals surface area contributed by atoms with E-state index in [2.05, 4.69) is 11.6 Å². The highest BCUT2D eigenvalue weighted by Crippen LogP contribution is 2.16. The first-order valence-corrected chi connectivity index (χ1v) is 3.86. The van der Waals surface area contributed by atoms with Gasteiger partial charge in [0.15, 0.2) is 5.82 Å². The van der Waals surface area contributed by atoms with E-state index in [9.17, 15) is 4.39 Å². The van der Waals surface area contributed by atoms with E-state index in [1.54, 1.807) is 0 Å². The Morgan fingerprint density at radius 1 is 1.69 bits per heavy atom. The quantitative estimate of drug-likeness (QED) is 0.713. The van der Waals surface area contributed by atoms with Crippen molar-refractivity contribution < 1.29 is 9.13 Å². The van der Waals surface area contributed by atoms with E-state index in [1.165, 1.54) is 18.3 Å². The molecule has 0 unspecified atom stereocenters. The summed E-state index contributed by atoms with van der Waals surface area (Å²) >= 11 is 0. The van der Waals surface area contributed by atoms with Gasteiger partial charge in [-0.3, -0.25) is 0 Å². The summed E-state index contributed by atoms with van der Waals surface area (Å²) in [5, 5.41) is 0. The van der Waals surface area contributed by atoms with Crippen molar-refractivity contribution in [1.29, 1.82) is 0 Å². The summed E-state index contributed by atoms with van der Waals surface area (Å²) in [6.07, 6.45) is 2.99. The van der Waals surface area contributed by atoms with Crippen LogP contribution in [0, 0.1) is 5.82 Å². The maximum atomic E-state index is 13.3. The van der Waals surface area contributed by atoms with Gasteiger partial charge in [0.25, 0.3) is 5.88 Å². The number of pyridine rings is 1. The van der Waals surface area contributed by atoms with Crippen LogP contribution in [0.15, 0.2) is 24.9 Å². The van der Waals surface area contributed by atoms with Crippen molar-refractivity contribution in [3.63, 3.8) is 0 Å². The Balaban J connectivity index is 2.87. The lowest BCUT2D eigenvalue weighted by atomic mass is 10.2. The second kappa shape index (κ2) is 4.57. The molecule has 70 valence electrons. The molecule has 0 aliphatic rings. The highest BCUT2D eigenvalue weighted by Gasteiger charge is 2.08. The fourth-order valence-electron chi connectivity index (χ4n) is 0.858. The molecule has 4 heteroatoms. The van der Waals surface area contributed by atoms with Crippen LogP contribution in [0.25, 0.3) is 0 Å². The molecule has 0 saturated carbocycles. The smallest absolute Gasteiger partial charge is 0.251 e. The predicted octanol–water partition coefficient (Wildman–Crippen LogP) is 1.24. The van der Waals surface area contributed by atoms with Gasteiger partial charge in [0.05, 0.1) is 0 Å². The average molecular weight is 182 g/mol. The molecule has 0 fully saturated rings. The number of ether oxygens (including phenoxy) is 1. The zero-order valence-electron chi connectivity index (χ0n) is 7.16. The Morgan fingerprint density at radius 3 is 3.08 bits per heavy atom. The monoisotopic (exact) mass is 182 g/mol. The summed E-state index contributed by atoms with van der Waals surface area (Å²) in [5.74, 6) is -0.519. The lowest BCUT2D eigenvalue weighted by Crippen LogP contribution is -2.04. The fraction of sp³-hybridized carbons (Fsp3) is 0.222. The second-order valence-corrected chi connectivity index (χ2v) is 2.39. The lowest BCUT2D eigenvalue weighted by Gasteiger charge is -2.05. The molecule has 0 aliphatic heterocycles. The minimum Gasteiger partial charge on any atom is -0.471 e. The average Bonchev–Trinajstić information content (AvgIpc) is 2.16. The number of hydrogen-bond donors (Lipinski definition) is 1. The van der Waals surface area contributed by atoms with Crippen molar-refractivity contribution in [2.75, 3.05) is 6.61 Å². The van der Waals surface area contributed by atoms with Crippen molar-refractivity contribution in [2.24, 2.45) is 5.73 Å². The van der Waals surface area contributed by atoms with E-state index < -0.39 is 5.82 Å². The molecule has 0 aliphatic carbocycles. The van der Waals surface area contributed by atoms with Crippen LogP contribution in [0.1, 0.15) is 5.56 Å². The van der Waals surface area contributed by atoms with Crippen LogP contribution in [0.3, 0.4) is 0 Å². The summed E-state index contributed by atoms with van der Waals surface area (Å²) in [6, 6.07) is 1.52. The Labute approximate surface area is 76.0 Å². The highest BCUT2D eigenvalue weighted by atomic mass is 19.1. The molecule has 13 heavy (non-hydrogen) atoms. The van der Waals surface area contributed by atoms with Gasteiger partial charge in [0.1, 0.15) is 6.61 Å². The maximum absolute atomic E-state index is 13.3. The summed E-state index contributed by atoms with van der Waals surface area (Å²) < 4.78 is 18.3. The number of nitrogens with zero attached hydrogens (tertiary/aromatic N) is 1. The summed E-state index contributed by atoms with van der Waals surface area (Å²) in [5.41, 5.74) is 5.70. The van der Waals surface area contributed by atoms with Gasteiger partial charge in [0.2, 0.25) is 0 Å². The van der Waals surface area contributed by atoms with E-state index >= 15 is 0 Å². The van der Waals surface area contributed by atoms with Crippen LogP contribution in [0.2, 0.25) is 0 Å². The van der Waals surface area contributed by atoms with Crippen molar-refractivity contribution in [2.45, 2.75) is 6.54 Å². The molecule has 1 rings (SSSR count). The highest BCUT2D eigenvalue weighted by molar-refractivity contribution is 5.23. The van der Waals surface area contributed by atoms with Gasteiger partial charge in [-0.25, -0.2) is 9.37 Å². The van der Waals surface area contributed by atoms with Crippen LogP contribution < -0.4 is 10.5 Å². The second-order valence-electron chi connectivity index (χ2n) is 2.39. The summed E-state index contributed by atoms with van der Waals surface area (Å²) in [6.45, 7) is 3.82. The van der Waals surface area contributed by atoms with Gasteiger partial charge in [-0.15, -0.1) is 0 Å². The molecule has 0 radical (unpaired) electrons. The van der Waals surface area contributed by atoms with Crippen LogP contribution in [-0.4, -0.2) is 11.6 Å². The van der Waals surface area contributed by atoms with Crippen molar-refractivity contribution >= 4 is 0 Å². The molecule has 1 heterocycles. The lowest BCUT2D eigenvalue weighted by molar-refractivity contribution is 0.325. The Morgan fingerprint density at radius 2 is 2.46 bits per heavy atom. The predicted molar refractivity (Wildman–Crippen MR) is 47.8 cm³/mol. The van der Waals surface area contributed by atoms with Crippen molar-refractivity contribution in [3.8, 4) is 5.88 Å². The topological polar surface area (TPSA) is 48.1 Å². The van der Waals surface area contributed by atoms with Crippen LogP contribution in [0.5, 0.6) is 5.88 Å². The molecule has 0 aromatic carbocycles. The number of rotatable bonds is 4. The minimum atomic E-state index is -0.494. The first-order valence-electron chi connectivity index (χ1n) is 3.86. The van der Waals surface area contributed by atoms with E-state index in [4.69, 9.17) is 10.5 Å². The Kier molecular flexibility index (Phi) is 3.40. The third-order valence-electron chi connectivity index (χ3n) is 1.50. The van der Waals surface area contributed by atoms with E-state index in [1.807, 2.05) is 0 Å². The first-order chi connectivity index (χ1) is 6.29. The Hall–Kier alpha value is -1.42. The molecular weight excluding hydrogens is 171 g/mol. The van der Waals surface area contributed by atoms with Crippen LogP contribution >= 0.6 is 0 Å². The molecule has 3 nitrogen and oxygen atoms in total. The first kappa shape index (κ1) is 9.67. The molecule has 1 aromatic heterocycles. The van der Waals surface area contributed by atoms with Gasteiger partial charge in [-0.05, 0) is 6.07 Å². The fourth-order valence-corrected chi connectivity index (χ4v) is 0.858. The normalized spacial score (nSPS) is 9.69. The Bertz CT molecular complexity index is 302. The molecule has 1 aromatic rings. The van der Waals surface area contributed by atoms with Gasteiger partial charge < -0.3 is 10.5 Å². The molecule has 0 amide bonds. The molecule has 0 atom stereocenters. The van der Waals surface area contributed by atoms with E-state index in [0.717, 1.165) is 0 Å². The van der Waals surface area contributed by atoms with Crippen LogP contribution in [-0.2, 0) is 6.54 Å². The number of halogens is 1. The third kappa shape index (κ3) is 2.26. The van der Waals surface area contributed by atoms with Gasteiger partial charge in [0, 0.05) is 18.3 Å². The van der Waals surface area contributed by atoms with Gasteiger partial charge in [-0.1, -0.05) is 12.7 Å². The largest absolute Gasteiger partial charge is 0.471 e. The molecule has 0 spiro atoms. The zero-order chi connectivity index (χ0) is 9.68. The standard InChI is InChI=1S/C9H11FN2O/c1-2-5-13-9-8(10)7(6-11)3-4-12-9/h2-4H,1,5-6,11H2. The van der Waals surface area contributed by atoms with Gasteiger partial charge >= 0.3 is 0 Å². The number of nitrogens with two attached hydrogens (primary N) is 1. The number of aromatic nitrogens is 1. The molecule has 0 bridgehead atoms. The van der Waals surface area contributed by atoms with Crippen LogP contribution in [0.4, 0.5) is 4.39 Å². The minimum absolute atomic E-state index is 0.0251. The third-order valence-corrected chi connectivity index (χ3v) is 1.50. The van der Waals surface area contributed by atoms with Crippen molar-refractivity contribution in [3.05, 3.63) is 36.3 Å². The number of hydrogen-bond acceptors (Lipinski definition) is 3.